The number of aromatic nitrogens is 1. The van der Waals surface area contributed by atoms with Crippen LogP contribution in [0.25, 0.3) is 0 Å². The van der Waals surface area contributed by atoms with Gasteiger partial charge >= 0.3 is 0 Å². The first-order valence-corrected chi connectivity index (χ1v) is 8.66. The lowest BCUT2D eigenvalue weighted by Gasteiger charge is -2.25. The van der Waals surface area contributed by atoms with Crippen molar-refractivity contribution in [2.75, 3.05) is 45.9 Å². The van der Waals surface area contributed by atoms with Crippen molar-refractivity contribution in [3.05, 3.63) is 24.5 Å². The smallest absolute Gasteiger partial charge is 0.191 e. The van der Waals surface area contributed by atoms with Crippen LogP contribution in [0.3, 0.4) is 0 Å². The second-order valence-electron chi connectivity index (χ2n) is 5.63. The molecule has 2 N–H and O–H groups in total. The summed E-state index contributed by atoms with van der Waals surface area (Å²) in [5.41, 5.74) is 0. The molecular formula is C17H30IN5O. The molecule has 0 unspecified atom stereocenters. The van der Waals surface area contributed by atoms with E-state index in [9.17, 15) is 0 Å². The van der Waals surface area contributed by atoms with Crippen LogP contribution in [0.2, 0.25) is 0 Å². The monoisotopic (exact) mass is 447 g/mol. The third-order valence-corrected chi connectivity index (χ3v) is 3.78. The van der Waals surface area contributed by atoms with Crippen LogP contribution in [0.5, 0.6) is 5.75 Å². The number of rotatable bonds is 8. The summed E-state index contributed by atoms with van der Waals surface area (Å²) >= 11 is 0. The number of hydrogen-bond donors (Lipinski definition) is 2. The number of likely N-dealkylation sites (tertiary alicyclic amines) is 1. The van der Waals surface area contributed by atoms with Gasteiger partial charge in [0.2, 0.25) is 0 Å². The first kappa shape index (κ1) is 21.0. The Morgan fingerprint density at radius 2 is 2.12 bits per heavy atom. The third kappa shape index (κ3) is 8.68. The van der Waals surface area contributed by atoms with Crippen molar-refractivity contribution in [1.29, 1.82) is 0 Å². The SMILES string of the molecule is CCNC(=NCCN1CCCCC1)NCCOc1cccnc1.I. The summed E-state index contributed by atoms with van der Waals surface area (Å²) in [7, 11) is 0. The highest BCUT2D eigenvalue weighted by Gasteiger charge is 2.08. The number of ether oxygens (including phenoxy) is 1. The largest absolute Gasteiger partial charge is 0.490 e. The summed E-state index contributed by atoms with van der Waals surface area (Å²) in [6.07, 6.45) is 7.49. The van der Waals surface area contributed by atoms with Gasteiger partial charge in [0, 0.05) is 19.3 Å². The van der Waals surface area contributed by atoms with E-state index in [0.717, 1.165) is 31.3 Å². The highest BCUT2D eigenvalue weighted by molar-refractivity contribution is 14.0. The molecule has 136 valence electrons. The van der Waals surface area contributed by atoms with Crippen LogP contribution in [0.1, 0.15) is 26.2 Å². The molecular weight excluding hydrogens is 417 g/mol. The highest BCUT2D eigenvalue weighted by atomic mass is 127. The molecule has 0 atom stereocenters. The van der Waals surface area contributed by atoms with Gasteiger partial charge in [-0.05, 0) is 45.0 Å². The Kier molecular flexibility index (Phi) is 11.5. The number of hydrogen-bond acceptors (Lipinski definition) is 4. The van der Waals surface area contributed by atoms with Gasteiger partial charge in [0.1, 0.15) is 12.4 Å². The Labute approximate surface area is 162 Å². The Bertz CT molecular complexity index is 452. The minimum Gasteiger partial charge on any atom is -0.490 e. The minimum atomic E-state index is 0. The van der Waals surface area contributed by atoms with Gasteiger partial charge in [-0.1, -0.05) is 6.42 Å². The molecule has 0 amide bonds. The zero-order chi connectivity index (χ0) is 16.2. The fourth-order valence-electron chi connectivity index (χ4n) is 2.60. The molecule has 2 rings (SSSR count). The summed E-state index contributed by atoms with van der Waals surface area (Å²) in [5.74, 6) is 1.65. The van der Waals surface area contributed by atoms with Crippen molar-refractivity contribution < 1.29 is 4.74 Å². The van der Waals surface area contributed by atoms with Crippen LogP contribution in [-0.4, -0.2) is 61.7 Å². The molecule has 1 aromatic heterocycles. The third-order valence-electron chi connectivity index (χ3n) is 3.78. The standard InChI is InChI=1S/C17H29N5O.HI/c1-2-19-17(20-9-13-22-11-4-3-5-12-22)21-10-14-23-16-7-6-8-18-15-16;/h6-8,15H,2-5,9-14H2,1H3,(H2,19,20,21);1H. The van der Waals surface area contributed by atoms with E-state index in [2.05, 4.69) is 32.4 Å². The number of guanidine groups is 1. The van der Waals surface area contributed by atoms with Gasteiger partial charge in [0.15, 0.2) is 5.96 Å². The van der Waals surface area contributed by atoms with Crippen molar-refractivity contribution in [1.82, 2.24) is 20.5 Å². The molecule has 1 aromatic rings. The summed E-state index contributed by atoms with van der Waals surface area (Å²) in [6.45, 7) is 8.55. The lowest BCUT2D eigenvalue weighted by atomic mass is 10.1. The number of aliphatic imine (C=N–C) groups is 1. The maximum Gasteiger partial charge on any atom is 0.191 e. The fraction of sp³-hybridized carbons (Fsp3) is 0.647. The van der Waals surface area contributed by atoms with E-state index in [4.69, 9.17) is 4.74 Å². The molecule has 24 heavy (non-hydrogen) atoms. The average Bonchev–Trinajstić information content (AvgIpc) is 2.60. The molecule has 0 bridgehead atoms. The fourth-order valence-corrected chi connectivity index (χ4v) is 2.60. The van der Waals surface area contributed by atoms with Gasteiger partial charge in [-0.2, -0.15) is 0 Å². The van der Waals surface area contributed by atoms with Gasteiger partial charge in [-0.15, -0.1) is 24.0 Å². The summed E-state index contributed by atoms with van der Waals surface area (Å²) in [5, 5.41) is 6.58. The summed E-state index contributed by atoms with van der Waals surface area (Å²) in [4.78, 5) is 11.2. The van der Waals surface area contributed by atoms with E-state index in [-0.39, 0.29) is 24.0 Å². The molecule has 1 aliphatic rings. The van der Waals surface area contributed by atoms with E-state index in [1.807, 2.05) is 12.1 Å². The van der Waals surface area contributed by atoms with Crippen molar-refractivity contribution >= 4 is 29.9 Å². The molecule has 0 aromatic carbocycles. The summed E-state index contributed by atoms with van der Waals surface area (Å²) in [6, 6.07) is 3.78. The number of piperidine rings is 1. The van der Waals surface area contributed by atoms with Gasteiger partial charge in [-0.3, -0.25) is 9.98 Å². The molecule has 1 fully saturated rings. The number of nitrogens with one attached hydrogen (secondary N) is 2. The van der Waals surface area contributed by atoms with E-state index in [1.165, 1.54) is 32.4 Å². The predicted molar refractivity (Wildman–Crippen MR) is 109 cm³/mol. The second kappa shape index (κ2) is 13.2. The van der Waals surface area contributed by atoms with Gasteiger partial charge in [0.25, 0.3) is 0 Å². The Morgan fingerprint density at radius 3 is 2.83 bits per heavy atom. The summed E-state index contributed by atoms with van der Waals surface area (Å²) < 4.78 is 5.62. The zero-order valence-corrected chi connectivity index (χ0v) is 16.9. The zero-order valence-electron chi connectivity index (χ0n) is 14.5. The van der Waals surface area contributed by atoms with Crippen LogP contribution in [-0.2, 0) is 0 Å². The Hall–Kier alpha value is -1.09. The topological polar surface area (TPSA) is 61.8 Å². The average molecular weight is 447 g/mol. The molecule has 0 spiro atoms. The van der Waals surface area contributed by atoms with Crippen LogP contribution >= 0.6 is 24.0 Å². The minimum absolute atomic E-state index is 0. The van der Waals surface area contributed by atoms with E-state index in [0.29, 0.717) is 13.2 Å². The Balaban J connectivity index is 0.00000288. The van der Waals surface area contributed by atoms with Crippen molar-refractivity contribution in [3.8, 4) is 5.75 Å². The molecule has 6 nitrogen and oxygen atoms in total. The first-order chi connectivity index (χ1) is 11.4. The predicted octanol–water partition coefficient (Wildman–Crippen LogP) is 2.12. The van der Waals surface area contributed by atoms with Crippen molar-refractivity contribution in [2.24, 2.45) is 4.99 Å². The molecule has 7 heteroatoms. The van der Waals surface area contributed by atoms with Crippen LogP contribution in [0.4, 0.5) is 0 Å². The van der Waals surface area contributed by atoms with E-state index in [1.54, 1.807) is 12.4 Å². The number of pyridine rings is 1. The quantitative estimate of drug-likeness (QED) is 0.277. The van der Waals surface area contributed by atoms with E-state index < -0.39 is 0 Å². The molecule has 0 saturated carbocycles. The molecule has 2 heterocycles. The van der Waals surface area contributed by atoms with Crippen LogP contribution in [0.15, 0.2) is 29.5 Å². The molecule has 1 aliphatic heterocycles. The maximum atomic E-state index is 5.62. The Morgan fingerprint density at radius 1 is 1.29 bits per heavy atom. The normalized spacial score (nSPS) is 15.5. The molecule has 0 aliphatic carbocycles. The van der Waals surface area contributed by atoms with Crippen molar-refractivity contribution in [3.63, 3.8) is 0 Å². The van der Waals surface area contributed by atoms with Gasteiger partial charge < -0.3 is 20.3 Å². The molecule has 1 saturated heterocycles. The van der Waals surface area contributed by atoms with Crippen molar-refractivity contribution in [2.45, 2.75) is 26.2 Å². The van der Waals surface area contributed by atoms with Crippen LogP contribution < -0.4 is 15.4 Å². The lowest BCUT2D eigenvalue weighted by molar-refractivity contribution is 0.235. The van der Waals surface area contributed by atoms with Gasteiger partial charge in [-0.25, -0.2) is 0 Å². The maximum absolute atomic E-state index is 5.62. The molecule has 0 radical (unpaired) electrons. The van der Waals surface area contributed by atoms with Crippen LogP contribution in [0, 0.1) is 0 Å². The second-order valence-corrected chi connectivity index (χ2v) is 5.63. The number of nitrogens with zero attached hydrogens (tertiary/aromatic N) is 3. The number of halogens is 1. The van der Waals surface area contributed by atoms with Gasteiger partial charge in [0.05, 0.1) is 19.3 Å². The first-order valence-electron chi connectivity index (χ1n) is 8.66. The lowest BCUT2D eigenvalue weighted by Crippen LogP contribution is -2.40. The highest BCUT2D eigenvalue weighted by Crippen LogP contribution is 2.07. The van der Waals surface area contributed by atoms with E-state index >= 15 is 0 Å².